The number of nitrogens with one attached hydrogen (secondary N) is 1. The maximum absolute atomic E-state index is 5.41. The highest BCUT2D eigenvalue weighted by Crippen LogP contribution is 2.35. The monoisotopic (exact) mass is 301 g/mol. The van der Waals surface area contributed by atoms with Crippen molar-refractivity contribution in [2.45, 2.75) is 36.6 Å². The van der Waals surface area contributed by atoms with Gasteiger partial charge in [-0.3, -0.25) is 0 Å². The third-order valence-electron chi connectivity index (χ3n) is 3.35. The largest absolute Gasteiger partial charge is 0.496 e. The molecule has 0 spiro atoms. The van der Waals surface area contributed by atoms with Crippen LogP contribution in [-0.4, -0.2) is 13.7 Å². The Kier molecular flexibility index (Phi) is 6.15. The minimum atomic E-state index is 0.925. The molecule has 3 heteroatoms. The highest BCUT2D eigenvalue weighted by molar-refractivity contribution is 7.99. The Balaban J connectivity index is 2.09. The van der Waals surface area contributed by atoms with Crippen LogP contribution in [0.25, 0.3) is 0 Å². The molecule has 2 nitrogen and oxygen atoms in total. The molecule has 2 aromatic rings. The van der Waals surface area contributed by atoms with E-state index in [1.54, 1.807) is 18.9 Å². The van der Waals surface area contributed by atoms with Crippen molar-refractivity contribution in [3.05, 3.63) is 53.6 Å². The molecule has 2 aromatic carbocycles. The topological polar surface area (TPSA) is 21.3 Å². The van der Waals surface area contributed by atoms with Gasteiger partial charge in [0.25, 0.3) is 0 Å². The number of hydrogen-bond donors (Lipinski definition) is 1. The quantitative estimate of drug-likeness (QED) is 0.752. The van der Waals surface area contributed by atoms with Gasteiger partial charge >= 0.3 is 0 Å². The van der Waals surface area contributed by atoms with E-state index in [1.165, 1.54) is 22.4 Å². The van der Waals surface area contributed by atoms with Crippen molar-refractivity contribution >= 4 is 11.8 Å². The average molecular weight is 301 g/mol. The van der Waals surface area contributed by atoms with Crippen LogP contribution < -0.4 is 10.1 Å². The van der Waals surface area contributed by atoms with Crippen LogP contribution in [0.3, 0.4) is 0 Å². The zero-order valence-electron chi connectivity index (χ0n) is 13.0. The fourth-order valence-electron chi connectivity index (χ4n) is 2.16. The lowest BCUT2D eigenvalue weighted by atomic mass is 10.1. The smallest absolute Gasteiger partial charge is 0.132 e. The molecule has 0 unspecified atom stereocenters. The molecule has 0 amide bonds. The van der Waals surface area contributed by atoms with E-state index in [0.717, 1.165) is 23.7 Å². The van der Waals surface area contributed by atoms with Crippen LogP contribution in [-0.2, 0) is 6.54 Å². The first-order valence-corrected chi connectivity index (χ1v) is 8.17. The van der Waals surface area contributed by atoms with Crippen molar-refractivity contribution in [2.24, 2.45) is 0 Å². The first kappa shape index (κ1) is 15.9. The number of ether oxygens (including phenoxy) is 1. The van der Waals surface area contributed by atoms with Gasteiger partial charge in [-0.15, -0.1) is 0 Å². The van der Waals surface area contributed by atoms with Crippen LogP contribution in [0.15, 0.2) is 52.3 Å². The Bertz CT molecular complexity index is 583. The molecule has 0 aliphatic carbocycles. The van der Waals surface area contributed by atoms with Gasteiger partial charge in [0.15, 0.2) is 0 Å². The molecule has 0 bridgehead atoms. The summed E-state index contributed by atoms with van der Waals surface area (Å²) in [7, 11) is 1.72. The van der Waals surface area contributed by atoms with Crippen LogP contribution in [0.2, 0.25) is 0 Å². The molecule has 112 valence electrons. The van der Waals surface area contributed by atoms with Crippen molar-refractivity contribution in [1.82, 2.24) is 5.32 Å². The minimum absolute atomic E-state index is 0.925. The molecule has 0 heterocycles. The van der Waals surface area contributed by atoms with E-state index in [2.05, 4.69) is 43.4 Å². The van der Waals surface area contributed by atoms with Gasteiger partial charge in [0.2, 0.25) is 0 Å². The molecular formula is C18H23NOS. The van der Waals surface area contributed by atoms with E-state index in [4.69, 9.17) is 4.74 Å². The van der Waals surface area contributed by atoms with Crippen LogP contribution >= 0.6 is 11.8 Å². The summed E-state index contributed by atoms with van der Waals surface area (Å²) < 4.78 is 5.41. The van der Waals surface area contributed by atoms with Crippen LogP contribution in [0.1, 0.15) is 24.5 Å². The second kappa shape index (κ2) is 8.11. The average Bonchev–Trinajstić information content (AvgIpc) is 2.50. The number of rotatable bonds is 7. The Morgan fingerprint density at radius 2 is 1.95 bits per heavy atom. The first-order valence-electron chi connectivity index (χ1n) is 7.35. The van der Waals surface area contributed by atoms with Gasteiger partial charge in [0, 0.05) is 11.4 Å². The second-order valence-electron chi connectivity index (χ2n) is 5.02. The molecule has 0 aromatic heterocycles. The normalized spacial score (nSPS) is 10.6. The van der Waals surface area contributed by atoms with Crippen molar-refractivity contribution in [3.8, 4) is 5.75 Å². The molecule has 0 aliphatic rings. The molecule has 0 saturated carbocycles. The zero-order chi connectivity index (χ0) is 15.1. The number of benzene rings is 2. The predicted octanol–water partition coefficient (Wildman–Crippen LogP) is 4.65. The van der Waals surface area contributed by atoms with Gasteiger partial charge in [-0.1, -0.05) is 36.9 Å². The number of methoxy groups -OCH3 is 1. The molecule has 2 rings (SSSR count). The lowest BCUT2D eigenvalue weighted by Gasteiger charge is -2.11. The lowest BCUT2D eigenvalue weighted by molar-refractivity contribution is 0.405. The molecule has 0 radical (unpaired) electrons. The molecule has 0 aliphatic heterocycles. The first-order chi connectivity index (χ1) is 10.2. The van der Waals surface area contributed by atoms with Crippen LogP contribution in [0, 0.1) is 6.92 Å². The second-order valence-corrected chi connectivity index (χ2v) is 6.13. The number of aryl methyl sites for hydroxylation is 1. The SMILES string of the molecule is CCCNCc1ccc(Sc2ccccc2OC)cc1C. The highest BCUT2D eigenvalue weighted by Gasteiger charge is 2.06. The highest BCUT2D eigenvalue weighted by atomic mass is 32.2. The fourth-order valence-corrected chi connectivity index (χ4v) is 3.18. The van der Waals surface area contributed by atoms with E-state index >= 15 is 0 Å². The lowest BCUT2D eigenvalue weighted by Crippen LogP contribution is -2.14. The summed E-state index contributed by atoms with van der Waals surface area (Å²) in [5.74, 6) is 0.925. The molecule has 0 fully saturated rings. The van der Waals surface area contributed by atoms with E-state index in [-0.39, 0.29) is 0 Å². The third kappa shape index (κ3) is 4.51. The Morgan fingerprint density at radius 1 is 1.14 bits per heavy atom. The molecule has 0 saturated heterocycles. The number of hydrogen-bond acceptors (Lipinski definition) is 3. The molecular weight excluding hydrogens is 278 g/mol. The van der Waals surface area contributed by atoms with Crippen molar-refractivity contribution < 1.29 is 4.74 Å². The van der Waals surface area contributed by atoms with Gasteiger partial charge in [-0.05, 0) is 55.3 Å². The molecule has 1 N–H and O–H groups in total. The summed E-state index contributed by atoms with van der Waals surface area (Å²) in [5.41, 5.74) is 2.70. The predicted molar refractivity (Wildman–Crippen MR) is 90.3 cm³/mol. The fraction of sp³-hybridized carbons (Fsp3) is 0.333. The Hall–Kier alpha value is -1.45. The zero-order valence-corrected chi connectivity index (χ0v) is 13.8. The van der Waals surface area contributed by atoms with Gasteiger partial charge in [0.05, 0.1) is 12.0 Å². The Labute approximate surface area is 131 Å². The van der Waals surface area contributed by atoms with Gasteiger partial charge in [-0.2, -0.15) is 0 Å². The Morgan fingerprint density at radius 3 is 2.67 bits per heavy atom. The van der Waals surface area contributed by atoms with Gasteiger partial charge < -0.3 is 10.1 Å². The molecule has 0 atom stereocenters. The van der Waals surface area contributed by atoms with Crippen LogP contribution in [0.5, 0.6) is 5.75 Å². The minimum Gasteiger partial charge on any atom is -0.496 e. The van der Waals surface area contributed by atoms with Crippen molar-refractivity contribution in [3.63, 3.8) is 0 Å². The van der Waals surface area contributed by atoms with Crippen molar-refractivity contribution in [1.29, 1.82) is 0 Å². The van der Waals surface area contributed by atoms with E-state index in [0.29, 0.717) is 0 Å². The van der Waals surface area contributed by atoms with Crippen LogP contribution in [0.4, 0.5) is 0 Å². The summed E-state index contributed by atoms with van der Waals surface area (Å²) in [5, 5.41) is 3.45. The maximum atomic E-state index is 5.41. The van der Waals surface area contributed by atoms with E-state index < -0.39 is 0 Å². The summed E-state index contributed by atoms with van der Waals surface area (Å²) in [6.07, 6.45) is 1.17. The van der Waals surface area contributed by atoms with E-state index in [9.17, 15) is 0 Å². The molecule has 21 heavy (non-hydrogen) atoms. The van der Waals surface area contributed by atoms with Gasteiger partial charge in [0.1, 0.15) is 5.75 Å². The third-order valence-corrected chi connectivity index (χ3v) is 4.40. The summed E-state index contributed by atoms with van der Waals surface area (Å²) in [4.78, 5) is 2.40. The summed E-state index contributed by atoms with van der Waals surface area (Å²) in [6.45, 7) is 6.37. The maximum Gasteiger partial charge on any atom is 0.132 e. The van der Waals surface area contributed by atoms with Gasteiger partial charge in [-0.25, -0.2) is 0 Å². The summed E-state index contributed by atoms with van der Waals surface area (Å²) >= 11 is 1.74. The summed E-state index contributed by atoms with van der Waals surface area (Å²) in [6, 6.07) is 14.8. The number of para-hydroxylation sites is 1. The van der Waals surface area contributed by atoms with Crippen molar-refractivity contribution in [2.75, 3.05) is 13.7 Å². The standard InChI is InChI=1S/C18H23NOS/c1-4-11-19-13-15-9-10-16(12-14(15)2)21-18-8-6-5-7-17(18)20-3/h5-10,12,19H,4,11,13H2,1-3H3. The van der Waals surface area contributed by atoms with E-state index in [1.807, 2.05) is 18.2 Å².